The van der Waals surface area contributed by atoms with Crippen molar-refractivity contribution >= 4 is 0 Å². The van der Waals surface area contributed by atoms with Crippen molar-refractivity contribution in [2.45, 2.75) is 60.3 Å². The summed E-state index contributed by atoms with van der Waals surface area (Å²) in [5.74, 6) is 7.47. The maximum Gasteiger partial charge on any atom is 0.118 e. The first kappa shape index (κ1) is 24.6. The Morgan fingerprint density at radius 3 is 1.63 bits per heavy atom. The molecule has 148 valence electrons. The summed E-state index contributed by atoms with van der Waals surface area (Å²) in [5.41, 5.74) is 2.29. The topological polar surface area (TPSA) is 29.5 Å². The SMILES string of the molecule is CC#CC(C)C.CCC.COc1ccc(C(C)(C)c2ccc(O)cc2)cc1. The van der Waals surface area contributed by atoms with E-state index >= 15 is 0 Å². The van der Waals surface area contributed by atoms with Gasteiger partial charge in [0.25, 0.3) is 0 Å². The molecular weight excluding hydrogens is 332 g/mol. The van der Waals surface area contributed by atoms with Crippen LogP contribution in [-0.2, 0) is 5.41 Å². The van der Waals surface area contributed by atoms with Crippen molar-refractivity contribution in [2.75, 3.05) is 7.11 Å². The Kier molecular flexibility index (Phi) is 11.7. The zero-order chi connectivity index (χ0) is 20.9. The molecule has 0 saturated heterocycles. The molecule has 2 heteroatoms. The second-order valence-electron chi connectivity index (χ2n) is 7.16. The van der Waals surface area contributed by atoms with Crippen LogP contribution in [0.15, 0.2) is 48.5 Å². The first-order valence-electron chi connectivity index (χ1n) is 9.59. The van der Waals surface area contributed by atoms with E-state index in [1.165, 1.54) is 17.5 Å². The Balaban J connectivity index is 0.000000632. The fourth-order valence-corrected chi connectivity index (χ4v) is 2.34. The third-order valence-corrected chi connectivity index (χ3v) is 3.83. The van der Waals surface area contributed by atoms with E-state index < -0.39 is 0 Å². The zero-order valence-corrected chi connectivity index (χ0v) is 18.3. The summed E-state index contributed by atoms with van der Waals surface area (Å²) < 4.78 is 5.17. The van der Waals surface area contributed by atoms with Gasteiger partial charge in [0.2, 0.25) is 0 Å². The average molecular weight is 369 g/mol. The van der Waals surface area contributed by atoms with Crippen molar-refractivity contribution in [1.82, 2.24) is 0 Å². The number of benzene rings is 2. The summed E-state index contributed by atoms with van der Waals surface area (Å²) in [4.78, 5) is 0. The van der Waals surface area contributed by atoms with Gasteiger partial charge in [-0.05, 0) is 42.3 Å². The second-order valence-corrected chi connectivity index (χ2v) is 7.16. The van der Waals surface area contributed by atoms with Crippen LogP contribution in [0.4, 0.5) is 0 Å². The summed E-state index contributed by atoms with van der Waals surface area (Å²) in [7, 11) is 1.67. The standard InChI is InChI=1S/C16H18O2.C6H10.C3H8/c1-16(2,12-4-8-14(17)9-5-12)13-6-10-15(18-3)11-7-13;1-4-5-6(2)3;1-3-2/h4-11,17H,1-3H3;6H,1-3H3;3H2,1-2H3. The van der Waals surface area contributed by atoms with E-state index in [9.17, 15) is 5.11 Å². The smallest absolute Gasteiger partial charge is 0.118 e. The van der Waals surface area contributed by atoms with Crippen LogP contribution in [-0.4, -0.2) is 12.2 Å². The van der Waals surface area contributed by atoms with Crippen molar-refractivity contribution in [2.24, 2.45) is 5.92 Å². The fourth-order valence-electron chi connectivity index (χ4n) is 2.34. The van der Waals surface area contributed by atoms with E-state index in [4.69, 9.17) is 4.74 Å². The molecule has 0 radical (unpaired) electrons. The van der Waals surface area contributed by atoms with Gasteiger partial charge in [0.1, 0.15) is 11.5 Å². The van der Waals surface area contributed by atoms with Crippen LogP contribution in [0.25, 0.3) is 0 Å². The van der Waals surface area contributed by atoms with Crippen LogP contribution in [0.5, 0.6) is 11.5 Å². The second kappa shape index (κ2) is 12.9. The molecule has 2 nitrogen and oxygen atoms in total. The van der Waals surface area contributed by atoms with E-state index in [0.29, 0.717) is 11.7 Å². The number of hydrogen-bond donors (Lipinski definition) is 1. The normalized spacial score (nSPS) is 9.81. The van der Waals surface area contributed by atoms with Crippen LogP contribution >= 0.6 is 0 Å². The average Bonchev–Trinajstić information content (AvgIpc) is 2.63. The fraction of sp³-hybridized carbons (Fsp3) is 0.440. The Labute approximate surface area is 166 Å². The molecule has 1 N–H and O–H groups in total. The van der Waals surface area contributed by atoms with Crippen LogP contribution in [0, 0.1) is 17.8 Å². The highest BCUT2D eigenvalue weighted by Crippen LogP contribution is 2.33. The molecule has 0 bridgehead atoms. The molecule has 0 fully saturated rings. The molecule has 0 saturated carbocycles. The number of phenolic OH excluding ortho intramolecular Hbond substituents is 1. The largest absolute Gasteiger partial charge is 0.508 e. The lowest BCUT2D eigenvalue weighted by Gasteiger charge is -2.26. The van der Waals surface area contributed by atoms with Crippen LogP contribution in [0.1, 0.15) is 66.0 Å². The van der Waals surface area contributed by atoms with Gasteiger partial charge in [-0.1, -0.05) is 72.2 Å². The minimum atomic E-state index is -0.0973. The zero-order valence-electron chi connectivity index (χ0n) is 18.3. The Hall–Kier alpha value is -2.40. The molecule has 0 aliphatic heterocycles. The van der Waals surface area contributed by atoms with E-state index in [2.05, 4.69) is 65.5 Å². The lowest BCUT2D eigenvalue weighted by Crippen LogP contribution is -2.18. The summed E-state index contributed by atoms with van der Waals surface area (Å²) in [6, 6.07) is 15.5. The van der Waals surface area contributed by atoms with Gasteiger partial charge >= 0.3 is 0 Å². The quantitative estimate of drug-likeness (QED) is 0.603. The van der Waals surface area contributed by atoms with Crippen LogP contribution in [0.2, 0.25) is 0 Å². The number of rotatable bonds is 3. The predicted molar refractivity (Wildman–Crippen MR) is 117 cm³/mol. The van der Waals surface area contributed by atoms with Gasteiger partial charge in [-0.25, -0.2) is 0 Å². The van der Waals surface area contributed by atoms with Crippen molar-refractivity contribution in [1.29, 1.82) is 0 Å². The summed E-state index contributed by atoms with van der Waals surface area (Å²) in [6.45, 7) is 14.6. The molecule has 0 aliphatic rings. The van der Waals surface area contributed by atoms with Gasteiger partial charge in [0, 0.05) is 11.3 Å². The molecule has 2 aromatic rings. The molecule has 0 amide bonds. The Bertz CT molecular complexity index is 684. The summed E-state index contributed by atoms with van der Waals surface area (Å²) in [6.07, 6.45) is 1.25. The lowest BCUT2D eigenvalue weighted by atomic mass is 9.78. The minimum Gasteiger partial charge on any atom is -0.508 e. The summed E-state index contributed by atoms with van der Waals surface area (Å²) >= 11 is 0. The maximum atomic E-state index is 9.34. The van der Waals surface area contributed by atoms with E-state index in [1.807, 2.05) is 31.2 Å². The molecule has 0 aromatic heterocycles. The van der Waals surface area contributed by atoms with Gasteiger partial charge in [-0.3, -0.25) is 0 Å². The minimum absolute atomic E-state index is 0.0973. The lowest BCUT2D eigenvalue weighted by molar-refractivity contribution is 0.414. The highest BCUT2D eigenvalue weighted by Gasteiger charge is 2.22. The molecule has 0 atom stereocenters. The number of aromatic hydroxyl groups is 1. The predicted octanol–water partition coefficient (Wildman–Crippen LogP) is 6.81. The molecule has 2 aromatic carbocycles. The molecule has 0 heterocycles. The van der Waals surface area contributed by atoms with Gasteiger partial charge in [-0.2, -0.15) is 0 Å². The van der Waals surface area contributed by atoms with Crippen molar-refractivity contribution in [3.05, 3.63) is 59.7 Å². The highest BCUT2D eigenvalue weighted by atomic mass is 16.5. The molecule has 0 spiro atoms. The first-order valence-corrected chi connectivity index (χ1v) is 9.59. The number of phenols is 1. The number of ether oxygens (including phenoxy) is 1. The van der Waals surface area contributed by atoms with E-state index in [0.717, 1.165) is 5.75 Å². The van der Waals surface area contributed by atoms with Gasteiger partial charge in [-0.15, -0.1) is 11.8 Å². The number of hydrogen-bond acceptors (Lipinski definition) is 2. The van der Waals surface area contributed by atoms with Crippen molar-refractivity contribution in [3.63, 3.8) is 0 Å². The van der Waals surface area contributed by atoms with Crippen LogP contribution < -0.4 is 4.74 Å². The van der Waals surface area contributed by atoms with Crippen molar-refractivity contribution < 1.29 is 9.84 Å². The maximum absolute atomic E-state index is 9.34. The highest BCUT2D eigenvalue weighted by molar-refractivity contribution is 5.41. The first-order chi connectivity index (χ1) is 12.7. The number of methoxy groups -OCH3 is 1. The molecular formula is C25H36O2. The molecule has 2 rings (SSSR count). The third kappa shape index (κ3) is 9.20. The Morgan fingerprint density at radius 1 is 0.926 bits per heavy atom. The van der Waals surface area contributed by atoms with Crippen LogP contribution in [0.3, 0.4) is 0 Å². The Morgan fingerprint density at radius 2 is 1.33 bits per heavy atom. The van der Waals surface area contributed by atoms with Gasteiger partial charge in [0.15, 0.2) is 0 Å². The summed E-state index contributed by atoms with van der Waals surface area (Å²) in [5, 5.41) is 9.34. The monoisotopic (exact) mass is 368 g/mol. The van der Waals surface area contributed by atoms with Crippen molar-refractivity contribution in [3.8, 4) is 23.3 Å². The van der Waals surface area contributed by atoms with Gasteiger partial charge < -0.3 is 9.84 Å². The third-order valence-electron chi connectivity index (χ3n) is 3.83. The van der Waals surface area contributed by atoms with Gasteiger partial charge in [0.05, 0.1) is 7.11 Å². The molecule has 27 heavy (non-hydrogen) atoms. The van der Waals surface area contributed by atoms with E-state index in [-0.39, 0.29) is 5.41 Å². The molecule has 0 aliphatic carbocycles. The molecule has 0 unspecified atom stereocenters. The van der Waals surface area contributed by atoms with E-state index in [1.54, 1.807) is 19.2 Å².